The molecule has 0 spiro atoms. The second kappa shape index (κ2) is 9.53. The number of benzene rings is 1. The summed E-state index contributed by atoms with van der Waals surface area (Å²) in [6, 6.07) is 13.1. The van der Waals surface area contributed by atoms with Crippen LogP contribution >= 0.6 is 11.3 Å². The molecule has 1 aromatic heterocycles. The molecular weight excluding hydrogens is 336 g/mol. The summed E-state index contributed by atoms with van der Waals surface area (Å²) in [5, 5.41) is 12.5. The van der Waals surface area contributed by atoms with Crippen molar-refractivity contribution in [2.24, 2.45) is 11.8 Å². The third-order valence-corrected chi connectivity index (χ3v) is 6.46. The molecule has 2 atom stereocenters. The van der Waals surface area contributed by atoms with Gasteiger partial charge in [0.1, 0.15) is 0 Å². The van der Waals surface area contributed by atoms with Crippen LogP contribution in [-0.4, -0.2) is 5.11 Å². The number of allylic oxidation sites excluding steroid dienone is 2. The van der Waals surface area contributed by atoms with E-state index in [9.17, 15) is 5.11 Å². The summed E-state index contributed by atoms with van der Waals surface area (Å²) in [4.78, 5) is 1.51. The normalized spacial score (nSPS) is 18.3. The topological polar surface area (TPSA) is 20.2 Å². The smallest absolute Gasteiger partial charge is 0.0790 e. The lowest BCUT2D eigenvalue weighted by Crippen LogP contribution is -2.02. The van der Waals surface area contributed by atoms with Gasteiger partial charge in [-0.2, -0.15) is 0 Å². The fourth-order valence-corrected chi connectivity index (χ4v) is 4.70. The minimum atomic E-state index is -0.328. The van der Waals surface area contributed by atoms with E-state index in [1.165, 1.54) is 48.1 Å². The van der Waals surface area contributed by atoms with Crippen molar-refractivity contribution in [2.45, 2.75) is 64.9 Å². The first-order valence-electron chi connectivity index (χ1n) is 10.1. The van der Waals surface area contributed by atoms with Crippen molar-refractivity contribution in [1.82, 2.24) is 0 Å². The first kappa shape index (κ1) is 19.4. The second-order valence-electron chi connectivity index (χ2n) is 8.01. The molecule has 0 radical (unpaired) electrons. The van der Waals surface area contributed by atoms with Gasteiger partial charge in [0, 0.05) is 4.88 Å². The Bertz CT molecular complexity index is 682. The van der Waals surface area contributed by atoms with Crippen molar-refractivity contribution in [3.05, 3.63) is 63.9 Å². The van der Waals surface area contributed by atoms with Crippen LogP contribution in [0.2, 0.25) is 0 Å². The van der Waals surface area contributed by atoms with Crippen molar-refractivity contribution in [1.29, 1.82) is 0 Å². The molecule has 1 nitrogen and oxygen atoms in total. The Kier molecular flexibility index (Phi) is 7.10. The van der Waals surface area contributed by atoms with Gasteiger partial charge in [-0.1, -0.05) is 50.3 Å². The third-order valence-electron chi connectivity index (χ3n) is 5.52. The summed E-state index contributed by atoms with van der Waals surface area (Å²) in [6.07, 6.45) is 10.3. The molecule has 140 valence electrons. The van der Waals surface area contributed by atoms with E-state index in [4.69, 9.17) is 0 Å². The molecule has 1 unspecified atom stereocenters. The molecule has 1 N–H and O–H groups in total. The lowest BCUT2D eigenvalue weighted by molar-refractivity contribution is 0.159. The monoisotopic (exact) mass is 368 g/mol. The Morgan fingerprint density at radius 3 is 2.62 bits per heavy atom. The molecule has 0 saturated carbocycles. The molecule has 0 saturated heterocycles. The maximum Gasteiger partial charge on any atom is 0.0790 e. The molecule has 2 aromatic rings. The SMILES string of the molecule is CC(C)CCC(O)c1ccc(C2=CCC[C@@H]2CCCc2cccs2)cc1. The van der Waals surface area contributed by atoms with Crippen LogP contribution in [0.1, 0.15) is 74.5 Å². The van der Waals surface area contributed by atoms with E-state index in [2.05, 4.69) is 61.7 Å². The Balaban J connectivity index is 1.55. The highest BCUT2D eigenvalue weighted by Gasteiger charge is 2.20. The van der Waals surface area contributed by atoms with Gasteiger partial charge in [-0.25, -0.2) is 0 Å². The van der Waals surface area contributed by atoms with Crippen LogP contribution in [0.15, 0.2) is 47.9 Å². The average Bonchev–Trinajstić information content (AvgIpc) is 3.32. The minimum absolute atomic E-state index is 0.328. The van der Waals surface area contributed by atoms with Crippen molar-refractivity contribution >= 4 is 16.9 Å². The van der Waals surface area contributed by atoms with Crippen LogP contribution in [0.3, 0.4) is 0 Å². The van der Waals surface area contributed by atoms with Gasteiger partial charge in [-0.3, -0.25) is 0 Å². The van der Waals surface area contributed by atoms with Crippen molar-refractivity contribution < 1.29 is 5.11 Å². The molecule has 2 heteroatoms. The number of hydrogen-bond donors (Lipinski definition) is 1. The van der Waals surface area contributed by atoms with Gasteiger partial charge in [-0.15, -0.1) is 11.3 Å². The van der Waals surface area contributed by atoms with Crippen LogP contribution in [0.4, 0.5) is 0 Å². The van der Waals surface area contributed by atoms with Crippen molar-refractivity contribution in [3.63, 3.8) is 0 Å². The highest BCUT2D eigenvalue weighted by atomic mass is 32.1. The zero-order valence-corrected chi connectivity index (χ0v) is 17.0. The highest BCUT2D eigenvalue weighted by Crippen LogP contribution is 2.37. The minimum Gasteiger partial charge on any atom is -0.388 e. The van der Waals surface area contributed by atoms with Crippen LogP contribution < -0.4 is 0 Å². The zero-order valence-electron chi connectivity index (χ0n) is 16.2. The molecule has 1 heterocycles. The molecule has 0 fully saturated rings. The van der Waals surface area contributed by atoms with Crippen LogP contribution in [0, 0.1) is 11.8 Å². The van der Waals surface area contributed by atoms with Crippen LogP contribution in [0.25, 0.3) is 5.57 Å². The molecule has 1 aliphatic carbocycles. The molecule has 1 aromatic carbocycles. The van der Waals surface area contributed by atoms with E-state index in [0.717, 1.165) is 18.4 Å². The summed E-state index contributed by atoms with van der Waals surface area (Å²) in [7, 11) is 0. The van der Waals surface area contributed by atoms with E-state index in [1.54, 1.807) is 0 Å². The third kappa shape index (κ3) is 5.31. The first-order chi connectivity index (χ1) is 12.6. The predicted molar refractivity (Wildman–Crippen MR) is 113 cm³/mol. The number of rotatable bonds is 9. The van der Waals surface area contributed by atoms with E-state index >= 15 is 0 Å². The van der Waals surface area contributed by atoms with E-state index < -0.39 is 0 Å². The summed E-state index contributed by atoms with van der Waals surface area (Å²) in [5.41, 5.74) is 3.94. The van der Waals surface area contributed by atoms with Gasteiger partial charge in [-0.05, 0) is 84.9 Å². The van der Waals surface area contributed by atoms with Gasteiger partial charge < -0.3 is 5.11 Å². The molecule has 0 amide bonds. The number of aliphatic hydroxyl groups excluding tert-OH is 1. The summed E-state index contributed by atoms with van der Waals surface area (Å²) >= 11 is 1.87. The lowest BCUT2D eigenvalue weighted by Gasteiger charge is -2.17. The van der Waals surface area contributed by atoms with Gasteiger partial charge in [0.15, 0.2) is 0 Å². The summed E-state index contributed by atoms with van der Waals surface area (Å²) < 4.78 is 0. The Labute approximate surface area is 162 Å². The van der Waals surface area contributed by atoms with Gasteiger partial charge in [0.05, 0.1) is 6.10 Å². The standard InChI is InChI=1S/C24H32OS/c1-18(2)11-16-24(25)21-14-12-20(13-15-21)23-10-4-7-19(23)6-3-8-22-9-5-17-26-22/h5,9-10,12-15,17-19,24-25H,3-4,6-8,11,16H2,1-2H3/t19-,24?/m0/s1. The lowest BCUT2D eigenvalue weighted by atomic mass is 9.89. The number of aryl methyl sites for hydroxylation is 1. The molecule has 1 aliphatic rings. The summed E-state index contributed by atoms with van der Waals surface area (Å²) in [6.45, 7) is 4.42. The van der Waals surface area contributed by atoms with Gasteiger partial charge in [0.25, 0.3) is 0 Å². The second-order valence-corrected chi connectivity index (χ2v) is 9.05. The maximum absolute atomic E-state index is 10.4. The quantitative estimate of drug-likeness (QED) is 0.503. The maximum atomic E-state index is 10.4. The van der Waals surface area contributed by atoms with Crippen molar-refractivity contribution in [3.8, 4) is 0 Å². The average molecular weight is 369 g/mol. The highest BCUT2D eigenvalue weighted by molar-refractivity contribution is 7.09. The number of thiophene rings is 1. The first-order valence-corrected chi connectivity index (χ1v) is 11.0. The van der Waals surface area contributed by atoms with Crippen LogP contribution in [0.5, 0.6) is 0 Å². The predicted octanol–water partition coefficient (Wildman–Crippen LogP) is 7.03. The van der Waals surface area contributed by atoms with E-state index in [-0.39, 0.29) is 6.10 Å². The van der Waals surface area contributed by atoms with Crippen LogP contribution in [-0.2, 0) is 6.42 Å². The van der Waals surface area contributed by atoms with Crippen molar-refractivity contribution in [2.75, 3.05) is 0 Å². The molecule has 0 aliphatic heterocycles. The Morgan fingerprint density at radius 2 is 1.92 bits per heavy atom. The number of hydrogen-bond acceptors (Lipinski definition) is 2. The van der Waals surface area contributed by atoms with E-state index in [1.807, 2.05) is 11.3 Å². The summed E-state index contributed by atoms with van der Waals surface area (Å²) in [5.74, 6) is 1.34. The van der Waals surface area contributed by atoms with Gasteiger partial charge in [0.2, 0.25) is 0 Å². The number of aliphatic hydroxyl groups is 1. The fourth-order valence-electron chi connectivity index (χ4n) is 3.95. The fraction of sp³-hybridized carbons (Fsp3) is 0.500. The molecule has 26 heavy (non-hydrogen) atoms. The zero-order chi connectivity index (χ0) is 18.4. The molecule has 3 rings (SSSR count). The molecule has 0 bridgehead atoms. The largest absolute Gasteiger partial charge is 0.388 e. The van der Waals surface area contributed by atoms with Gasteiger partial charge >= 0.3 is 0 Å². The Hall–Kier alpha value is -1.38. The Morgan fingerprint density at radius 1 is 1.12 bits per heavy atom. The van der Waals surface area contributed by atoms with E-state index in [0.29, 0.717) is 11.8 Å². The molecular formula is C24H32OS.